The van der Waals surface area contributed by atoms with Crippen LogP contribution in [0.2, 0.25) is 0 Å². The summed E-state index contributed by atoms with van der Waals surface area (Å²) in [5.41, 5.74) is 3.25. The van der Waals surface area contributed by atoms with Gasteiger partial charge in [0.2, 0.25) is 0 Å². The van der Waals surface area contributed by atoms with E-state index in [2.05, 4.69) is 38.8 Å². The van der Waals surface area contributed by atoms with Crippen molar-refractivity contribution in [3.63, 3.8) is 0 Å². The number of benzene rings is 2. The molecule has 0 bridgehead atoms. The van der Waals surface area contributed by atoms with Gasteiger partial charge in [-0.15, -0.1) is 0 Å². The van der Waals surface area contributed by atoms with Gasteiger partial charge in [-0.1, -0.05) is 30.3 Å². The number of H-pyrrole nitrogens is 1. The van der Waals surface area contributed by atoms with E-state index in [9.17, 15) is 8.42 Å². The molecule has 28 heavy (non-hydrogen) atoms. The fourth-order valence-electron chi connectivity index (χ4n) is 2.95. The molecule has 0 aliphatic carbocycles. The number of sulfone groups is 1. The van der Waals surface area contributed by atoms with E-state index in [1.165, 1.54) is 11.6 Å². The summed E-state index contributed by atoms with van der Waals surface area (Å²) in [4.78, 5) is 8.37. The third kappa shape index (κ3) is 5.36. The number of aliphatic imine (C=N–C) groups is 1. The molecule has 2 aromatic carbocycles. The van der Waals surface area contributed by atoms with Gasteiger partial charge >= 0.3 is 0 Å². The molecule has 6 nitrogen and oxygen atoms in total. The molecule has 0 amide bonds. The molecule has 0 aliphatic rings. The first-order chi connectivity index (χ1) is 13.5. The van der Waals surface area contributed by atoms with E-state index in [1.54, 1.807) is 12.1 Å². The molecule has 0 radical (unpaired) electrons. The zero-order valence-electron chi connectivity index (χ0n) is 16.2. The zero-order valence-corrected chi connectivity index (χ0v) is 17.0. The Morgan fingerprint density at radius 3 is 2.50 bits per heavy atom. The van der Waals surface area contributed by atoms with Crippen LogP contribution in [0.1, 0.15) is 18.2 Å². The van der Waals surface area contributed by atoms with E-state index in [-0.39, 0.29) is 0 Å². The lowest BCUT2D eigenvalue weighted by Gasteiger charge is -2.11. The predicted octanol–water partition coefficient (Wildman–Crippen LogP) is 2.87. The van der Waals surface area contributed by atoms with Gasteiger partial charge < -0.3 is 15.6 Å². The highest BCUT2D eigenvalue weighted by molar-refractivity contribution is 7.90. The Morgan fingerprint density at radius 2 is 1.82 bits per heavy atom. The summed E-state index contributed by atoms with van der Waals surface area (Å²) >= 11 is 0. The highest BCUT2D eigenvalue weighted by Gasteiger charge is 2.06. The molecule has 148 valence electrons. The third-order valence-electron chi connectivity index (χ3n) is 4.40. The average molecular weight is 399 g/mol. The molecule has 0 fully saturated rings. The van der Waals surface area contributed by atoms with Crippen molar-refractivity contribution >= 4 is 26.7 Å². The van der Waals surface area contributed by atoms with E-state index in [0.717, 1.165) is 35.7 Å². The molecule has 0 saturated heterocycles. The van der Waals surface area contributed by atoms with E-state index >= 15 is 0 Å². The van der Waals surface area contributed by atoms with Gasteiger partial charge in [-0.2, -0.15) is 0 Å². The Kier molecular flexibility index (Phi) is 6.36. The van der Waals surface area contributed by atoms with Crippen molar-refractivity contribution in [2.45, 2.75) is 24.8 Å². The number of hydrogen-bond acceptors (Lipinski definition) is 3. The molecule has 0 atom stereocenters. The first-order valence-electron chi connectivity index (χ1n) is 9.33. The Labute approximate surface area is 166 Å². The van der Waals surface area contributed by atoms with Crippen molar-refractivity contribution in [3.8, 4) is 0 Å². The fraction of sp³-hybridized carbons (Fsp3) is 0.286. The summed E-state index contributed by atoms with van der Waals surface area (Å²) in [6, 6.07) is 17.3. The summed E-state index contributed by atoms with van der Waals surface area (Å²) in [6.07, 6.45) is 2.00. The lowest BCUT2D eigenvalue weighted by Crippen LogP contribution is -2.38. The van der Waals surface area contributed by atoms with Crippen LogP contribution in [0.5, 0.6) is 0 Å². The minimum Gasteiger partial charge on any atom is -0.357 e. The summed E-state index contributed by atoms with van der Waals surface area (Å²) in [5.74, 6) is 0.758. The Balaban J connectivity index is 1.57. The standard InChI is InChI=1S/C21H26N4O2S/c1-3-22-21(24-15-18-14-17-6-4-5-7-20(17)25-18)23-13-12-16-8-10-19(11-9-16)28(2,26)27/h4-11,14,25H,3,12-13,15H2,1-2H3,(H2,22,23,24). The van der Waals surface area contributed by atoms with Crippen LogP contribution in [-0.2, 0) is 22.8 Å². The van der Waals surface area contributed by atoms with Gasteiger partial charge in [0.05, 0.1) is 11.4 Å². The highest BCUT2D eigenvalue weighted by atomic mass is 32.2. The number of fused-ring (bicyclic) bond motifs is 1. The molecule has 0 spiro atoms. The molecule has 1 aromatic heterocycles. The molecule has 0 aliphatic heterocycles. The maximum absolute atomic E-state index is 11.5. The second kappa shape index (κ2) is 8.93. The number of aromatic amines is 1. The summed E-state index contributed by atoms with van der Waals surface area (Å²) in [5, 5.41) is 7.76. The van der Waals surface area contributed by atoms with E-state index in [0.29, 0.717) is 18.0 Å². The van der Waals surface area contributed by atoms with Crippen LogP contribution in [0.3, 0.4) is 0 Å². The molecular formula is C21H26N4O2S. The minimum absolute atomic E-state index is 0.345. The number of para-hydroxylation sites is 1. The van der Waals surface area contributed by atoms with Crippen molar-refractivity contribution in [2.75, 3.05) is 19.3 Å². The molecule has 3 aromatic rings. The molecule has 7 heteroatoms. The van der Waals surface area contributed by atoms with Crippen molar-refractivity contribution in [1.82, 2.24) is 15.6 Å². The largest absolute Gasteiger partial charge is 0.357 e. The van der Waals surface area contributed by atoms with Crippen LogP contribution in [-0.4, -0.2) is 38.7 Å². The van der Waals surface area contributed by atoms with Crippen molar-refractivity contribution in [3.05, 3.63) is 65.9 Å². The maximum atomic E-state index is 11.5. The number of hydrogen-bond donors (Lipinski definition) is 3. The molecule has 1 heterocycles. The SMILES string of the molecule is CCNC(=NCc1cc2ccccc2[nH]1)NCCc1ccc(S(C)(=O)=O)cc1. The summed E-state index contributed by atoms with van der Waals surface area (Å²) in [6.45, 7) is 4.08. The van der Waals surface area contributed by atoms with Crippen LogP contribution < -0.4 is 10.6 Å². The number of nitrogens with zero attached hydrogens (tertiary/aromatic N) is 1. The van der Waals surface area contributed by atoms with Crippen LogP contribution in [0, 0.1) is 0 Å². The lowest BCUT2D eigenvalue weighted by atomic mass is 10.1. The first kappa shape index (κ1) is 19.9. The summed E-state index contributed by atoms with van der Waals surface area (Å²) in [7, 11) is -3.15. The average Bonchev–Trinajstić information content (AvgIpc) is 3.09. The molecule has 0 unspecified atom stereocenters. The van der Waals surface area contributed by atoms with Gasteiger partial charge in [0, 0.05) is 30.6 Å². The second-order valence-electron chi connectivity index (χ2n) is 6.67. The third-order valence-corrected chi connectivity index (χ3v) is 5.52. The minimum atomic E-state index is -3.15. The normalized spacial score (nSPS) is 12.3. The number of nitrogens with one attached hydrogen (secondary N) is 3. The lowest BCUT2D eigenvalue weighted by molar-refractivity contribution is 0.602. The van der Waals surface area contributed by atoms with Crippen molar-refractivity contribution < 1.29 is 8.42 Å². The molecule has 3 N–H and O–H groups in total. The highest BCUT2D eigenvalue weighted by Crippen LogP contribution is 2.15. The van der Waals surface area contributed by atoms with E-state index in [1.807, 2.05) is 31.2 Å². The number of guanidine groups is 1. The Hall–Kier alpha value is -2.80. The first-order valence-corrected chi connectivity index (χ1v) is 11.2. The molecule has 3 rings (SSSR count). The number of aromatic nitrogens is 1. The van der Waals surface area contributed by atoms with E-state index < -0.39 is 9.84 Å². The van der Waals surface area contributed by atoms with Crippen LogP contribution in [0.15, 0.2) is 64.5 Å². The van der Waals surface area contributed by atoms with E-state index in [4.69, 9.17) is 0 Å². The van der Waals surface area contributed by atoms with Gasteiger partial charge in [0.1, 0.15) is 0 Å². The summed E-state index contributed by atoms with van der Waals surface area (Å²) < 4.78 is 23.1. The van der Waals surface area contributed by atoms with Gasteiger partial charge in [-0.3, -0.25) is 0 Å². The fourth-order valence-corrected chi connectivity index (χ4v) is 3.58. The van der Waals surface area contributed by atoms with Gasteiger partial charge in [0.25, 0.3) is 0 Å². The molecule has 0 saturated carbocycles. The van der Waals surface area contributed by atoms with Crippen LogP contribution >= 0.6 is 0 Å². The topological polar surface area (TPSA) is 86.3 Å². The van der Waals surface area contributed by atoms with Crippen molar-refractivity contribution in [1.29, 1.82) is 0 Å². The quantitative estimate of drug-likeness (QED) is 0.422. The molecular weight excluding hydrogens is 372 g/mol. The zero-order chi connectivity index (χ0) is 20.0. The van der Waals surface area contributed by atoms with Crippen LogP contribution in [0.25, 0.3) is 10.9 Å². The van der Waals surface area contributed by atoms with Crippen LogP contribution in [0.4, 0.5) is 0 Å². The monoisotopic (exact) mass is 398 g/mol. The Bertz CT molecular complexity index is 1020. The maximum Gasteiger partial charge on any atom is 0.191 e. The Morgan fingerprint density at radius 1 is 1.07 bits per heavy atom. The predicted molar refractivity (Wildman–Crippen MR) is 114 cm³/mol. The van der Waals surface area contributed by atoms with Gasteiger partial charge in [-0.25, -0.2) is 13.4 Å². The smallest absolute Gasteiger partial charge is 0.191 e. The van der Waals surface area contributed by atoms with Crippen molar-refractivity contribution in [2.24, 2.45) is 4.99 Å². The van der Waals surface area contributed by atoms with Gasteiger partial charge in [-0.05, 0) is 48.6 Å². The second-order valence-corrected chi connectivity index (χ2v) is 8.69. The van der Waals surface area contributed by atoms with Gasteiger partial charge in [0.15, 0.2) is 15.8 Å². The number of rotatable bonds is 7.